The summed E-state index contributed by atoms with van der Waals surface area (Å²) in [5.41, 5.74) is 2.45. The van der Waals surface area contributed by atoms with Gasteiger partial charge in [0.05, 0.1) is 31.4 Å². The van der Waals surface area contributed by atoms with Gasteiger partial charge in [-0.3, -0.25) is 9.98 Å². The summed E-state index contributed by atoms with van der Waals surface area (Å²) < 4.78 is 12.4. The smallest absolute Gasteiger partial charge is 0.337 e. The molecule has 9 heteroatoms. The molecule has 0 spiro atoms. The maximum Gasteiger partial charge on any atom is 0.337 e. The van der Waals surface area contributed by atoms with Gasteiger partial charge in [-0.2, -0.15) is 9.97 Å². The van der Waals surface area contributed by atoms with Crippen LogP contribution in [-0.4, -0.2) is 53.4 Å². The Kier molecular flexibility index (Phi) is 6.31. The number of carbonyl (C=O) groups excluding carboxylic acids is 1. The minimum Gasteiger partial charge on any atom is -0.463 e. The van der Waals surface area contributed by atoms with Gasteiger partial charge in [0.1, 0.15) is 0 Å². The Morgan fingerprint density at radius 3 is 2.71 bits per heavy atom. The molecule has 1 aromatic carbocycles. The molecule has 2 N–H and O–H groups in total. The van der Waals surface area contributed by atoms with Crippen LogP contribution >= 0.6 is 0 Å². The molecule has 2 aliphatic heterocycles. The summed E-state index contributed by atoms with van der Waals surface area (Å²) in [6, 6.07) is 9.72. The Bertz CT molecular complexity index is 1030. The predicted molar refractivity (Wildman–Crippen MR) is 116 cm³/mol. The van der Waals surface area contributed by atoms with Crippen LogP contribution in [0.4, 0.5) is 11.9 Å². The zero-order chi connectivity index (χ0) is 21.8. The normalized spacial score (nSPS) is 18.4. The Morgan fingerprint density at radius 1 is 1.26 bits per heavy atom. The molecule has 31 heavy (non-hydrogen) atoms. The number of nitrogens with one attached hydrogen (secondary N) is 2. The Morgan fingerprint density at radius 2 is 2.00 bits per heavy atom. The van der Waals surface area contributed by atoms with Crippen molar-refractivity contribution in [3.63, 3.8) is 0 Å². The van der Waals surface area contributed by atoms with Gasteiger partial charge in [0.2, 0.25) is 17.5 Å². The first-order chi connectivity index (χ1) is 15.1. The Labute approximate surface area is 181 Å². The first-order valence-electron chi connectivity index (χ1n) is 10.6. The lowest BCUT2D eigenvalue weighted by Crippen LogP contribution is -2.42. The van der Waals surface area contributed by atoms with Crippen LogP contribution in [0.5, 0.6) is 0 Å². The van der Waals surface area contributed by atoms with E-state index in [0.29, 0.717) is 62.5 Å². The average Bonchev–Trinajstić information content (AvgIpc) is 2.78. The van der Waals surface area contributed by atoms with Crippen LogP contribution in [0, 0.1) is 5.41 Å². The zero-order valence-electron chi connectivity index (χ0n) is 17.9. The second kappa shape index (κ2) is 9.30. The molecule has 1 aromatic heterocycles. The van der Waals surface area contributed by atoms with E-state index in [0.717, 1.165) is 6.42 Å². The van der Waals surface area contributed by atoms with Gasteiger partial charge in [0, 0.05) is 18.8 Å². The number of nitrogens with zero attached hydrogens (tertiary/aromatic N) is 4. The highest BCUT2D eigenvalue weighted by molar-refractivity contribution is 5.91. The average molecular weight is 425 g/mol. The monoisotopic (exact) mass is 424 g/mol. The zero-order valence-corrected chi connectivity index (χ0v) is 17.9. The third kappa shape index (κ3) is 4.46. The van der Waals surface area contributed by atoms with Crippen LogP contribution in [0.1, 0.15) is 31.9 Å². The number of fused-ring (bicyclic) bond motifs is 1. The number of esters is 1. The molecule has 2 aromatic rings. The van der Waals surface area contributed by atoms with E-state index in [1.165, 1.54) is 5.56 Å². The minimum atomic E-state index is -0.387. The van der Waals surface area contributed by atoms with Gasteiger partial charge in [0.15, 0.2) is 0 Å². The van der Waals surface area contributed by atoms with Crippen LogP contribution < -0.4 is 15.8 Å². The maximum absolute atomic E-state index is 12.8. The molecule has 2 aliphatic rings. The van der Waals surface area contributed by atoms with Crippen molar-refractivity contribution in [1.29, 1.82) is 5.41 Å². The van der Waals surface area contributed by atoms with Crippen molar-refractivity contribution in [3.05, 3.63) is 52.8 Å². The maximum atomic E-state index is 12.8. The molecule has 0 saturated carbocycles. The van der Waals surface area contributed by atoms with Crippen molar-refractivity contribution in [2.45, 2.75) is 32.7 Å². The number of hydrogen-bond acceptors (Lipinski definition) is 8. The van der Waals surface area contributed by atoms with Crippen molar-refractivity contribution < 1.29 is 14.3 Å². The molecular formula is C22H28N6O3. The summed E-state index contributed by atoms with van der Waals surface area (Å²) in [4.78, 5) is 24.0. The predicted octanol–water partition coefficient (Wildman–Crippen LogP) is 2.03. The van der Waals surface area contributed by atoms with Crippen molar-refractivity contribution in [2.75, 3.05) is 43.1 Å². The van der Waals surface area contributed by atoms with E-state index in [-0.39, 0.29) is 17.6 Å². The van der Waals surface area contributed by atoms with Crippen LogP contribution in [0.2, 0.25) is 0 Å². The van der Waals surface area contributed by atoms with E-state index in [1.807, 2.05) is 30.0 Å². The van der Waals surface area contributed by atoms with E-state index in [1.54, 1.807) is 11.5 Å². The van der Waals surface area contributed by atoms with Gasteiger partial charge in [-0.1, -0.05) is 30.3 Å². The number of allylic oxidation sites excluding steroid dienone is 1. The van der Waals surface area contributed by atoms with Crippen molar-refractivity contribution in [2.24, 2.45) is 0 Å². The summed E-state index contributed by atoms with van der Waals surface area (Å²) in [6.45, 7) is 6.52. The van der Waals surface area contributed by atoms with Gasteiger partial charge < -0.3 is 19.7 Å². The van der Waals surface area contributed by atoms with E-state index in [9.17, 15) is 4.79 Å². The standard InChI is InChI=1S/C22H28N6O3/c1-3-31-19(29)18-15(2)24-22-26-21(27-11-13-30-14-12-27)25-20(23)28(22)17(18)10-9-16-7-5-4-6-8-16/h4-8,17H,3,9-14H2,1-2H3,(H2,23,24,25,26). The third-order valence-corrected chi connectivity index (χ3v) is 5.55. The molecule has 0 bridgehead atoms. The summed E-state index contributed by atoms with van der Waals surface area (Å²) >= 11 is 0. The van der Waals surface area contributed by atoms with Gasteiger partial charge in [0.25, 0.3) is 0 Å². The lowest BCUT2D eigenvalue weighted by atomic mass is 9.96. The number of benzene rings is 1. The second-order valence-corrected chi connectivity index (χ2v) is 7.56. The van der Waals surface area contributed by atoms with Crippen molar-refractivity contribution >= 4 is 17.9 Å². The molecule has 9 nitrogen and oxygen atoms in total. The number of rotatable bonds is 6. The van der Waals surface area contributed by atoms with Crippen molar-refractivity contribution in [1.82, 2.24) is 14.5 Å². The molecule has 0 amide bonds. The number of carbonyl (C=O) groups is 1. The fraction of sp³-hybridized carbons (Fsp3) is 0.455. The number of aromatic nitrogens is 3. The first kappa shape index (κ1) is 21.0. The van der Waals surface area contributed by atoms with E-state index < -0.39 is 0 Å². The lowest BCUT2D eigenvalue weighted by Gasteiger charge is -2.33. The summed E-state index contributed by atoms with van der Waals surface area (Å²) in [7, 11) is 0. The lowest BCUT2D eigenvalue weighted by molar-refractivity contribution is -0.139. The second-order valence-electron chi connectivity index (χ2n) is 7.56. The van der Waals surface area contributed by atoms with Crippen molar-refractivity contribution in [3.8, 4) is 0 Å². The summed E-state index contributed by atoms with van der Waals surface area (Å²) in [6.07, 6.45) is 1.37. The highest BCUT2D eigenvalue weighted by atomic mass is 16.5. The Balaban J connectivity index is 1.71. The molecule has 0 aliphatic carbocycles. The van der Waals surface area contributed by atoms with Gasteiger partial charge in [-0.15, -0.1) is 0 Å². The molecule has 1 unspecified atom stereocenters. The quantitative estimate of drug-likeness (QED) is 0.684. The molecule has 1 atom stereocenters. The highest BCUT2D eigenvalue weighted by Crippen LogP contribution is 2.33. The van der Waals surface area contributed by atoms with Crippen LogP contribution in [0.15, 0.2) is 41.6 Å². The van der Waals surface area contributed by atoms with Crippen LogP contribution in [-0.2, 0) is 20.7 Å². The van der Waals surface area contributed by atoms with Crippen LogP contribution in [0.25, 0.3) is 0 Å². The fourth-order valence-electron chi connectivity index (χ4n) is 4.04. The molecule has 0 radical (unpaired) electrons. The third-order valence-electron chi connectivity index (χ3n) is 5.55. The van der Waals surface area contributed by atoms with Gasteiger partial charge in [-0.25, -0.2) is 4.79 Å². The highest BCUT2D eigenvalue weighted by Gasteiger charge is 2.33. The number of ether oxygens (including phenoxy) is 2. The topological polar surface area (TPSA) is 105 Å². The van der Waals surface area contributed by atoms with Gasteiger partial charge in [-0.05, 0) is 32.3 Å². The van der Waals surface area contributed by atoms with Gasteiger partial charge >= 0.3 is 5.97 Å². The summed E-state index contributed by atoms with van der Waals surface area (Å²) in [5, 5.41) is 11.9. The summed E-state index contributed by atoms with van der Waals surface area (Å²) in [5.74, 6) is 0.645. The molecular weight excluding hydrogens is 396 g/mol. The van der Waals surface area contributed by atoms with E-state index in [4.69, 9.17) is 19.9 Å². The van der Waals surface area contributed by atoms with E-state index in [2.05, 4.69) is 22.4 Å². The SMILES string of the molecule is CCOC(=O)C1=C(C)Nc2nc(N3CCOCC3)nc(=N)n2C1CCc1ccccc1. The number of aryl methyl sites for hydroxylation is 1. The Hall–Kier alpha value is -3.20. The molecule has 3 heterocycles. The largest absolute Gasteiger partial charge is 0.463 e. The molecule has 1 fully saturated rings. The first-order valence-corrected chi connectivity index (χ1v) is 10.6. The fourth-order valence-corrected chi connectivity index (χ4v) is 4.04. The minimum absolute atomic E-state index is 0.0614. The van der Waals surface area contributed by atoms with Crippen LogP contribution in [0.3, 0.4) is 0 Å². The molecule has 1 saturated heterocycles. The van der Waals surface area contributed by atoms with E-state index >= 15 is 0 Å². The number of anilines is 2. The number of morpholine rings is 1. The number of hydrogen-bond donors (Lipinski definition) is 2. The molecule has 164 valence electrons. The molecule has 4 rings (SSSR count).